The fourth-order valence-corrected chi connectivity index (χ4v) is 3.80. The summed E-state index contributed by atoms with van der Waals surface area (Å²) in [5.74, 6) is 0.574. The molecule has 154 valence electrons. The second kappa shape index (κ2) is 12.6. The van der Waals surface area contributed by atoms with Crippen molar-refractivity contribution in [3.05, 3.63) is 35.9 Å². The van der Waals surface area contributed by atoms with Gasteiger partial charge in [-0.15, -0.1) is 24.8 Å². The largest absolute Gasteiger partial charge is 0.340 e. The van der Waals surface area contributed by atoms with Crippen LogP contribution in [0.2, 0.25) is 0 Å². The van der Waals surface area contributed by atoms with Crippen LogP contribution in [0.15, 0.2) is 30.3 Å². The molecule has 1 aromatic carbocycles. The number of hydrogen-bond donors (Lipinski definition) is 1. The Hall–Kier alpha value is -0.850. The van der Waals surface area contributed by atoms with Crippen molar-refractivity contribution < 1.29 is 4.79 Å². The predicted molar refractivity (Wildman–Crippen MR) is 116 cm³/mol. The Morgan fingerprint density at radius 1 is 1.15 bits per heavy atom. The first-order valence-electron chi connectivity index (χ1n) is 9.67. The maximum absolute atomic E-state index is 12.6. The zero-order valence-electron chi connectivity index (χ0n) is 16.3. The number of halogens is 2. The monoisotopic (exact) mass is 416 g/mol. The number of carbonyl (C=O) groups excluding carboxylic acids is 1. The van der Waals surface area contributed by atoms with Gasteiger partial charge in [0.25, 0.3) is 0 Å². The number of carbonyl (C=O) groups is 1. The van der Waals surface area contributed by atoms with Gasteiger partial charge >= 0.3 is 0 Å². The molecular weight excluding hydrogens is 383 g/mol. The van der Waals surface area contributed by atoms with Crippen molar-refractivity contribution in [1.82, 2.24) is 20.0 Å². The molecule has 0 aliphatic carbocycles. The molecule has 2 saturated heterocycles. The molecule has 0 bridgehead atoms. The van der Waals surface area contributed by atoms with Crippen LogP contribution in [0.5, 0.6) is 0 Å². The minimum atomic E-state index is 0. The second-order valence-corrected chi connectivity index (χ2v) is 7.43. The molecule has 2 aliphatic rings. The van der Waals surface area contributed by atoms with Crippen molar-refractivity contribution in [2.24, 2.45) is 5.92 Å². The van der Waals surface area contributed by atoms with E-state index in [1.54, 1.807) is 0 Å². The van der Waals surface area contributed by atoms with E-state index in [2.05, 4.69) is 57.4 Å². The molecule has 1 amide bonds. The average molecular weight is 417 g/mol. The summed E-state index contributed by atoms with van der Waals surface area (Å²) in [5, 5.41) is 3.35. The number of amides is 1. The van der Waals surface area contributed by atoms with Gasteiger partial charge in [-0.1, -0.05) is 30.3 Å². The summed E-state index contributed by atoms with van der Waals surface area (Å²) in [5.41, 5.74) is 1.36. The number of nitrogens with one attached hydrogen (secondary N) is 1. The molecule has 27 heavy (non-hydrogen) atoms. The van der Waals surface area contributed by atoms with Crippen LogP contribution in [0.25, 0.3) is 0 Å². The number of piperazine rings is 1. The zero-order valence-corrected chi connectivity index (χ0v) is 17.9. The first-order chi connectivity index (χ1) is 12.2. The third-order valence-corrected chi connectivity index (χ3v) is 5.42. The SMILES string of the molecule is CN(CCN1CCN(C(=O)C2CCCNC2)CC1)Cc1ccccc1.Cl.Cl. The molecule has 0 aromatic heterocycles. The zero-order chi connectivity index (χ0) is 17.5. The topological polar surface area (TPSA) is 38.8 Å². The van der Waals surface area contributed by atoms with Gasteiger partial charge in [-0.25, -0.2) is 0 Å². The van der Waals surface area contributed by atoms with Crippen LogP contribution in [-0.2, 0) is 11.3 Å². The number of rotatable bonds is 6. The number of nitrogens with zero attached hydrogens (tertiary/aromatic N) is 3. The quantitative estimate of drug-likeness (QED) is 0.770. The third kappa shape index (κ3) is 7.59. The van der Waals surface area contributed by atoms with Crippen molar-refractivity contribution in [1.29, 1.82) is 0 Å². The lowest BCUT2D eigenvalue weighted by atomic mass is 9.98. The minimum absolute atomic E-state index is 0. The molecular formula is C20H34Cl2N4O. The second-order valence-electron chi connectivity index (χ2n) is 7.43. The predicted octanol–water partition coefficient (Wildman–Crippen LogP) is 2.11. The summed E-state index contributed by atoms with van der Waals surface area (Å²) in [4.78, 5) is 19.5. The van der Waals surface area contributed by atoms with Gasteiger partial charge in [0.2, 0.25) is 5.91 Å². The Morgan fingerprint density at radius 3 is 2.48 bits per heavy atom. The van der Waals surface area contributed by atoms with E-state index in [4.69, 9.17) is 0 Å². The number of hydrogen-bond acceptors (Lipinski definition) is 4. The number of likely N-dealkylation sites (N-methyl/N-ethyl adjacent to an activating group) is 1. The standard InChI is InChI=1S/C20H32N4O.2ClH/c1-22(17-18-6-3-2-4-7-18)10-11-23-12-14-24(15-13-23)20(25)19-8-5-9-21-16-19;;/h2-4,6-7,19,21H,5,8-17H2,1H3;2*1H. The molecule has 2 fully saturated rings. The Morgan fingerprint density at radius 2 is 1.85 bits per heavy atom. The van der Waals surface area contributed by atoms with Crippen molar-refractivity contribution >= 4 is 30.7 Å². The Labute approximate surface area is 176 Å². The van der Waals surface area contributed by atoms with Gasteiger partial charge in [-0.3, -0.25) is 9.69 Å². The molecule has 3 rings (SSSR count). The molecule has 0 spiro atoms. The molecule has 1 N–H and O–H groups in total. The lowest BCUT2D eigenvalue weighted by Crippen LogP contribution is -2.53. The first kappa shape index (κ1) is 24.2. The summed E-state index contributed by atoms with van der Waals surface area (Å²) in [6.45, 7) is 8.85. The molecule has 2 aliphatic heterocycles. The Balaban J connectivity index is 0.00000182. The number of piperidine rings is 1. The van der Waals surface area contributed by atoms with Gasteiger partial charge in [0.1, 0.15) is 0 Å². The lowest BCUT2D eigenvalue weighted by molar-refractivity contribution is -0.137. The lowest BCUT2D eigenvalue weighted by Gasteiger charge is -2.37. The number of benzene rings is 1. The van der Waals surface area contributed by atoms with Crippen LogP contribution >= 0.6 is 24.8 Å². The van der Waals surface area contributed by atoms with Crippen molar-refractivity contribution in [3.63, 3.8) is 0 Å². The van der Waals surface area contributed by atoms with Gasteiger partial charge in [0.05, 0.1) is 5.92 Å². The Kier molecular flexibility index (Phi) is 11.3. The molecule has 1 atom stereocenters. The van der Waals surface area contributed by atoms with E-state index in [-0.39, 0.29) is 30.7 Å². The highest BCUT2D eigenvalue weighted by atomic mass is 35.5. The van der Waals surface area contributed by atoms with Crippen LogP contribution in [0, 0.1) is 5.92 Å². The molecule has 1 aromatic rings. The van der Waals surface area contributed by atoms with Gasteiger partial charge < -0.3 is 15.1 Å². The summed E-state index contributed by atoms with van der Waals surface area (Å²) in [6, 6.07) is 10.6. The summed E-state index contributed by atoms with van der Waals surface area (Å²) < 4.78 is 0. The van der Waals surface area contributed by atoms with Crippen molar-refractivity contribution in [2.45, 2.75) is 19.4 Å². The average Bonchev–Trinajstić information content (AvgIpc) is 2.68. The Bertz CT molecular complexity index is 532. The normalized spacial score (nSPS) is 20.7. The maximum Gasteiger partial charge on any atom is 0.227 e. The van der Waals surface area contributed by atoms with Crippen LogP contribution in [0.1, 0.15) is 18.4 Å². The fourth-order valence-electron chi connectivity index (χ4n) is 3.80. The van der Waals surface area contributed by atoms with Crippen LogP contribution in [0.3, 0.4) is 0 Å². The first-order valence-corrected chi connectivity index (χ1v) is 9.67. The molecule has 7 heteroatoms. The van der Waals surface area contributed by atoms with Crippen molar-refractivity contribution in [2.75, 3.05) is 59.4 Å². The van der Waals surface area contributed by atoms with Gasteiger partial charge in [-0.05, 0) is 32.0 Å². The van der Waals surface area contributed by atoms with E-state index >= 15 is 0 Å². The third-order valence-electron chi connectivity index (χ3n) is 5.42. The summed E-state index contributed by atoms with van der Waals surface area (Å²) in [7, 11) is 2.18. The van der Waals surface area contributed by atoms with E-state index in [1.165, 1.54) is 5.56 Å². The van der Waals surface area contributed by atoms with Crippen LogP contribution in [0.4, 0.5) is 0 Å². The highest BCUT2D eigenvalue weighted by molar-refractivity contribution is 5.85. The molecule has 0 saturated carbocycles. The highest BCUT2D eigenvalue weighted by Gasteiger charge is 2.28. The molecule has 1 unspecified atom stereocenters. The van der Waals surface area contributed by atoms with E-state index < -0.39 is 0 Å². The van der Waals surface area contributed by atoms with Crippen LogP contribution in [-0.4, -0.2) is 80.0 Å². The van der Waals surface area contributed by atoms with E-state index in [9.17, 15) is 4.79 Å². The minimum Gasteiger partial charge on any atom is -0.340 e. The molecule has 0 radical (unpaired) electrons. The fraction of sp³-hybridized carbons (Fsp3) is 0.650. The van der Waals surface area contributed by atoms with Gasteiger partial charge in [0, 0.05) is 52.4 Å². The van der Waals surface area contributed by atoms with Crippen LogP contribution < -0.4 is 5.32 Å². The van der Waals surface area contributed by atoms with E-state index in [0.717, 1.165) is 71.7 Å². The van der Waals surface area contributed by atoms with Crippen molar-refractivity contribution in [3.8, 4) is 0 Å². The van der Waals surface area contributed by atoms with Gasteiger partial charge in [0.15, 0.2) is 0 Å². The molecule has 5 nitrogen and oxygen atoms in total. The molecule has 2 heterocycles. The highest BCUT2D eigenvalue weighted by Crippen LogP contribution is 2.15. The van der Waals surface area contributed by atoms with E-state index in [1.807, 2.05) is 0 Å². The van der Waals surface area contributed by atoms with Gasteiger partial charge in [-0.2, -0.15) is 0 Å². The smallest absolute Gasteiger partial charge is 0.227 e. The summed E-state index contributed by atoms with van der Waals surface area (Å²) >= 11 is 0. The summed E-state index contributed by atoms with van der Waals surface area (Å²) in [6.07, 6.45) is 2.18. The maximum atomic E-state index is 12.6. The van der Waals surface area contributed by atoms with E-state index in [0.29, 0.717) is 5.91 Å².